The lowest BCUT2D eigenvalue weighted by Crippen LogP contribution is -2.06. The largest absolute Gasteiger partial charge is 0.477 e. The van der Waals surface area contributed by atoms with Gasteiger partial charge in [0.2, 0.25) is 0 Å². The van der Waals surface area contributed by atoms with Gasteiger partial charge in [0.05, 0.1) is 11.7 Å². The highest BCUT2D eigenvalue weighted by Gasteiger charge is 2.15. The topological polar surface area (TPSA) is 75.1 Å². The van der Waals surface area contributed by atoms with Gasteiger partial charge in [0.1, 0.15) is 4.88 Å². The third kappa shape index (κ3) is 2.65. The van der Waals surface area contributed by atoms with Crippen molar-refractivity contribution in [2.45, 2.75) is 19.9 Å². The fourth-order valence-corrected chi connectivity index (χ4v) is 2.45. The van der Waals surface area contributed by atoms with Crippen molar-refractivity contribution in [2.24, 2.45) is 0 Å². The first-order chi connectivity index (χ1) is 8.58. The molecule has 2 rings (SSSR count). The highest BCUT2D eigenvalue weighted by Crippen LogP contribution is 2.26. The lowest BCUT2D eigenvalue weighted by molar-refractivity contribution is 0.0701. The molecule has 2 N–H and O–H groups in total. The molecule has 1 atom stereocenters. The van der Waals surface area contributed by atoms with Gasteiger partial charge < -0.3 is 10.4 Å². The maximum atomic E-state index is 10.9. The zero-order valence-corrected chi connectivity index (χ0v) is 10.9. The number of aryl methyl sites for hydroxylation is 1. The average Bonchev–Trinajstić information content (AvgIpc) is 2.71. The molecule has 0 amide bonds. The molecule has 0 radical (unpaired) electrons. The van der Waals surface area contributed by atoms with Crippen LogP contribution in [0.3, 0.4) is 0 Å². The Bertz CT molecular complexity index is 554. The van der Waals surface area contributed by atoms with Crippen molar-refractivity contribution >= 4 is 22.4 Å². The third-order valence-corrected chi connectivity index (χ3v) is 3.59. The predicted molar refractivity (Wildman–Crippen MR) is 70.1 cm³/mol. The number of thiazole rings is 1. The van der Waals surface area contributed by atoms with E-state index < -0.39 is 5.97 Å². The Kier molecular flexibility index (Phi) is 3.57. The van der Waals surface area contributed by atoms with Gasteiger partial charge in [-0.3, -0.25) is 4.98 Å². The molecule has 0 spiro atoms. The zero-order valence-electron chi connectivity index (χ0n) is 10.0. The Morgan fingerprint density at radius 3 is 2.89 bits per heavy atom. The molecule has 0 aliphatic heterocycles. The molecule has 94 valence electrons. The lowest BCUT2D eigenvalue weighted by atomic mass is 10.1. The molecule has 0 aromatic carbocycles. The van der Waals surface area contributed by atoms with E-state index in [9.17, 15) is 4.79 Å². The summed E-state index contributed by atoms with van der Waals surface area (Å²) in [4.78, 5) is 19.4. The molecule has 0 aliphatic rings. The molecular weight excluding hydrogens is 250 g/mol. The molecule has 0 saturated carbocycles. The molecule has 2 aromatic rings. The Balaban J connectivity index is 2.15. The fraction of sp³-hybridized carbons (Fsp3) is 0.250. The maximum Gasteiger partial charge on any atom is 0.347 e. The van der Waals surface area contributed by atoms with Crippen molar-refractivity contribution in [3.05, 3.63) is 40.7 Å². The maximum absolute atomic E-state index is 10.9. The minimum Gasteiger partial charge on any atom is -0.477 e. The highest BCUT2D eigenvalue weighted by atomic mass is 32.1. The summed E-state index contributed by atoms with van der Waals surface area (Å²) in [7, 11) is 0. The standard InChI is InChI=1S/C12H13N3O2S/c1-7(9-4-3-5-13-6-9)14-12-15-8(2)10(18-12)11(16)17/h3-7H,1-2H3,(H,14,15)(H,16,17). The quantitative estimate of drug-likeness (QED) is 0.887. The van der Waals surface area contributed by atoms with Gasteiger partial charge in [0.25, 0.3) is 0 Å². The van der Waals surface area contributed by atoms with E-state index >= 15 is 0 Å². The molecule has 6 heteroatoms. The van der Waals surface area contributed by atoms with Crippen LogP contribution in [0.1, 0.15) is 33.9 Å². The Morgan fingerprint density at radius 1 is 1.56 bits per heavy atom. The summed E-state index contributed by atoms with van der Waals surface area (Å²) >= 11 is 1.15. The first-order valence-corrected chi connectivity index (χ1v) is 6.26. The highest BCUT2D eigenvalue weighted by molar-refractivity contribution is 7.17. The number of hydrogen-bond donors (Lipinski definition) is 2. The molecule has 1 unspecified atom stereocenters. The van der Waals surface area contributed by atoms with Crippen LogP contribution in [0.2, 0.25) is 0 Å². The van der Waals surface area contributed by atoms with Crippen LogP contribution in [0.5, 0.6) is 0 Å². The summed E-state index contributed by atoms with van der Waals surface area (Å²) in [5.41, 5.74) is 1.57. The van der Waals surface area contributed by atoms with Crippen LogP contribution >= 0.6 is 11.3 Å². The molecule has 0 saturated heterocycles. The van der Waals surface area contributed by atoms with Gasteiger partial charge in [-0.15, -0.1) is 0 Å². The Morgan fingerprint density at radius 2 is 2.33 bits per heavy atom. The lowest BCUT2D eigenvalue weighted by Gasteiger charge is -2.12. The number of nitrogens with one attached hydrogen (secondary N) is 1. The number of aromatic carboxylic acids is 1. The monoisotopic (exact) mass is 263 g/mol. The van der Waals surface area contributed by atoms with Gasteiger partial charge in [-0.2, -0.15) is 0 Å². The van der Waals surface area contributed by atoms with Crippen molar-refractivity contribution in [1.82, 2.24) is 9.97 Å². The van der Waals surface area contributed by atoms with Crippen molar-refractivity contribution in [2.75, 3.05) is 5.32 Å². The number of nitrogens with zero attached hydrogens (tertiary/aromatic N) is 2. The number of carbonyl (C=O) groups is 1. The third-order valence-electron chi connectivity index (χ3n) is 2.52. The van der Waals surface area contributed by atoms with E-state index in [2.05, 4.69) is 15.3 Å². The molecule has 0 fully saturated rings. The minimum atomic E-state index is -0.938. The van der Waals surface area contributed by atoms with E-state index in [1.165, 1.54) is 0 Å². The number of hydrogen-bond acceptors (Lipinski definition) is 5. The van der Waals surface area contributed by atoms with Gasteiger partial charge in [-0.05, 0) is 25.5 Å². The summed E-state index contributed by atoms with van der Waals surface area (Å²) in [6, 6.07) is 3.86. The average molecular weight is 263 g/mol. The van der Waals surface area contributed by atoms with Gasteiger partial charge >= 0.3 is 5.97 Å². The molecule has 18 heavy (non-hydrogen) atoms. The first-order valence-electron chi connectivity index (χ1n) is 5.45. The van der Waals surface area contributed by atoms with Crippen LogP contribution < -0.4 is 5.32 Å². The fourth-order valence-electron chi connectivity index (χ4n) is 1.56. The van der Waals surface area contributed by atoms with Crippen LogP contribution in [0.25, 0.3) is 0 Å². The van der Waals surface area contributed by atoms with Gasteiger partial charge in [-0.1, -0.05) is 17.4 Å². The molecule has 2 aromatic heterocycles. The van der Waals surface area contributed by atoms with Gasteiger partial charge in [-0.25, -0.2) is 9.78 Å². The second-order valence-electron chi connectivity index (χ2n) is 3.89. The summed E-state index contributed by atoms with van der Waals surface area (Å²) in [5.74, 6) is -0.938. The second kappa shape index (κ2) is 5.14. The van der Waals surface area contributed by atoms with Crippen LogP contribution in [-0.2, 0) is 0 Å². The number of carboxylic acid groups (broad SMARTS) is 1. The molecule has 5 nitrogen and oxygen atoms in total. The van der Waals surface area contributed by atoms with Crippen molar-refractivity contribution in [3.8, 4) is 0 Å². The summed E-state index contributed by atoms with van der Waals surface area (Å²) in [5, 5.41) is 12.8. The van der Waals surface area contributed by atoms with Gasteiger partial charge in [0.15, 0.2) is 5.13 Å². The van der Waals surface area contributed by atoms with Crippen LogP contribution in [-0.4, -0.2) is 21.0 Å². The number of rotatable bonds is 4. The van der Waals surface area contributed by atoms with E-state index in [1.807, 2.05) is 19.1 Å². The van der Waals surface area contributed by atoms with E-state index in [4.69, 9.17) is 5.11 Å². The molecule has 2 heterocycles. The SMILES string of the molecule is Cc1nc(NC(C)c2cccnc2)sc1C(=O)O. The molecule has 0 bridgehead atoms. The summed E-state index contributed by atoms with van der Waals surface area (Å²) in [6.45, 7) is 3.67. The number of carboxylic acids is 1. The van der Waals surface area contributed by atoms with Crippen LogP contribution in [0, 0.1) is 6.92 Å². The Labute approximate surface area is 109 Å². The number of pyridine rings is 1. The van der Waals surface area contributed by atoms with Crippen molar-refractivity contribution in [3.63, 3.8) is 0 Å². The first kappa shape index (κ1) is 12.5. The van der Waals surface area contributed by atoms with Crippen molar-refractivity contribution in [1.29, 1.82) is 0 Å². The van der Waals surface area contributed by atoms with Crippen molar-refractivity contribution < 1.29 is 9.90 Å². The molecule has 0 aliphatic carbocycles. The van der Waals surface area contributed by atoms with E-state index in [0.717, 1.165) is 16.9 Å². The smallest absolute Gasteiger partial charge is 0.347 e. The summed E-state index contributed by atoms with van der Waals surface area (Å²) in [6.07, 6.45) is 3.49. The minimum absolute atomic E-state index is 0.0332. The number of aromatic nitrogens is 2. The van der Waals surface area contributed by atoms with Crippen LogP contribution in [0.15, 0.2) is 24.5 Å². The predicted octanol–water partition coefficient (Wildman–Crippen LogP) is 2.72. The van der Waals surface area contributed by atoms with E-state index in [-0.39, 0.29) is 10.9 Å². The second-order valence-corrected chi connectivity index (χ2v) is 4.89. The van der Waals surface area contributed by atoms with E-state index in [0.29, 0.717) is 10.8 Å². The molecular formula is C12H13N3O2S. The summed E-state index contributed by atoms with van der Waals surface area (Å²) < 4.78 is 0. The number of anilines is 1. The zero-order chi connectivity index (χ0) is 13.1. The van der Waals surface area contributed by atoms with E-state index in [1.54, 1.807) is 19.3 Å². The van der Waals surface area contributed by atoms with Gasteiger partial charge in [0, 0.05) is 12.4 Å². The normalized spacial score (nSPS) is 12.1. The Hall–Kier alpha value is -1.95. The van der Waals surface area contributed by atoms with Crippen LogP contribution in [0.4, 0.5) is 5.13 Å².